The highest BCUT2D eigenvalue weighted by Crippen LogP contribution is 2.32. The third-order valence-electron chi connectivity index (χ3n) is 2.31. The Labute approximate surface area is 129 Å². The van der Waals surface area contributed by atoms with Crippen LogP contribution in [-0.2, 0) is 9.53 Å². The molecule has 1 aromatic rings. The van der Waals surface area contributed by atoms with Crippen molar-refractivity contribution < 1.29 is 22.7 Å². The van der Waals surface area contributed by atoms with E-state index in [4.69, 9.17) is 33.7 Å². The van der Waals surface area contributed by atoms with Gasteiger partial charge in [0.25, 0.3) is 0 Å². The molecule has 1 aromatic carbocycles. The van der Waals surface area contributed by atoms with E-state index in [0.717, 1.165) is 0 Å². The van der Waals surface area contributed by atoms with E-state index in [1.54, 1.807) is 0 Å². The summed E-state index contributed by atoms with van der Waals surface area (Å²) in [6, 6.07) is 2.82. The molecule has 0 unspecified atom stereocenters. The maximum Gasteiger partial charge on any atom is 0.389 e. The van der Waals surface area contributed by atoms with Gasteiger partial charge in [0.1, 0.15) is 6.61 Å². The van der Waals surface area contributed by atoms with Gasteiger partial charge in [0.15, 0.2) is 0 Å². The zero-order valence-electron chi connectivity index (χ0n) is 10.8. The quantitative estimate of drug-likeness (QED) is 0.608. The number of rotatable bonds is 6. The number of carbonyl (C=O) groups excluding carboxylic acids is 1. The molecule has 0 spiro atoms. The Morgan fingerprint density at radius 1 is 1.29 bits per heavy atom. The molecule has 0 bridgehead atoms. The number of hydrogen-bond donors (Lipinski definition) is 2. The lowest BCUT2D eigenvalue weighted by Crippen LogP contribution is -2.19. The molecule has 0 saturated carbocycles. The average Bonchev–Trinajstić information content (AvgIpc) is 2.32. The van der Waals surface area contributed by atoms with E-state index < -0.39 is 25.1 Å². The van der Waals surface area contributed by atoms with Crippen molar-refractivity contribution in [3.8, 4) is 0 Å². The molecule has 9 heteroatoms. The van der Waals surface area contributed by atoms with Gasteiger partial charge in [0.05, 0.1) is 15.7 Å². The highest BCUT2D eigenvalue weighted by atomic mass is 35.5. The molecule has 0 heterocycles. The van der Waals surface area contributed by atoms with Crippen LogP contribution < -0.4 is 11.1 Å². The topological polar surface area (TPSA) is 64.3 Å². The number of ether oxygens (including phenoxy) is 1. The number of hydrogen-bond acceptors (Lipinski definition) is 3. The number of halogens is 5. The summed E-state index contributed by atoms with van der Waals surface area (Å²) in [5.41, 5.74) is 6.03. The zero-order valence-corrected chi connectivity index (χ0v) is 12.3. The lowest BCUT2D eigenvalue weighted by molar-refractivity contribution is -0.138. The zero-order chi connectivity index (χ0) is 16.0. The Hall–Kier alpha value is -1.18. The summed E-state index contributed by atoms with van der Waals surface area (Å²) in [4.78, 5) is 11.6. The van der Waals surface area contributed by atoms with Crippen LogP contribution in [0.5, 0.6) is 0 Å². The van der Waals surface area contributed by atoms with Crippen molar-refractivity contribution in [2.45, 2.75) is 19.0 Å². The number of benzene rings is 1. The van der Waals surface area contributed by atoms with E-state index in [1.165, 1.54) is 12.1 Å². The lowest BCUT2D eigenvalue weighted by atomic mass is 10.3. The Morgan fingerprint density at radius 2 is 1.86 bits per heavy atom. The summed E-state index contributed by atoms with van der Waals surface area (Å²) in [6.45, 7) is -0.564. The standard InChI is InChI=1S/C12H13Cl2F3N2O2/c13-8-4-7(18)5-9(14)11(8)19-10(20)6-21-3-1-2-12(15,16)17/h4-5H,1-3,6,18H2,(H,19,20). The molecule has 0 aromatic heterocycles. The summed E-state index contributed by atoms with van der Waals surface area (Å²) in [5.74, 6) is -0.574. The van der Waals surface area contributed by atoms with E-state index in [2.05, 4.69) is 5.32 Å². The lowest BCUT2D eigenvalue weighted by Gasteiger charge is -2.11. The molecule has 1 rings (SSSR count). The third kappa shape index (κ3) is 6.88. The van der Waals surface area contributed by atoms with Crippen LogP contribution in [0, 0.1) is 0 Å². The molecular formula is C12H13Cl2F3N2O2. The van der Waals surface area contributed by atoms with Crippen molar-refractivity contribution in [1.82, 2.24) is 0 Å². The number of nitrogens with two attached hydrogens (primary N) is 1. The third-order valence-corrected chi connectivity index (χ3v) is 2.91. The van der Waals surface area contributed by atoms with Gasteiger partial charge in [-0.25, -0.2) is 0 Å². The molecule has 4 nitrogen and oxygen atoms in total. The van der Waals surface area contributed by atoms with Gasteiger partial charge in [-0.05, 0) is 18.6 Å². The van der Waals surface area contributed by atoms with Crippen LogP contribution in [-0.4, -0.2) is 25.3 Å². The van der Waals surface area contributed by atoms with Crippen molar-refractivity contribution in [2.75, 3.05) is 24.3 Å². The van der Waals surface area contributed by atoms with E-state index in [-0.39, 0.29) is 28.8 Å². The summed E-state index contributed by atoms with van der Waals surface area (Å²) >= 11 is 11.7. The van der Waals surface area contributed by atoms with E-state index in [0.29, 0.717) is 5.69 Å². The van der Waals surface area contributed by atoms with Crippen molar-refractivity contribution in [3.63, 3.8) is 0 Å². The van der Waals surface area contributed by atoms with Gasteiger partial charge in [-0.15, -0.1) is 0 Å². The minimum atomic E-state index is -4.23. The SMILES string of the molecule is Nc1cc(Cl)c(NC(=O)COCCCC(F)(F)F)c(Cl)c1. The number of anilines is 2. The van der Waals surface area contributed by atoms with Crippen molar-refractivity contribution >= 4 is 40.5 Å². The highest BCUT2D eigenvalue weighted by molar-refractivity contribution is 6.40. The van der Waals surface area contributed by atoms with Crippen molar-refractivity contribution in [1.29, 1.82) is 0 Å². The first-order chi connectivity index (χ1) is 9.69. The van der Waals surface area contributed by atoms with Crippen molar-refractivity contribution in [2.24, 2.45) is 0 Å². The molecule has 0 aliphatic carbocycles. The maximum absolute atomic E-state index is 11.9. The van der Waals surface area contributed by atoms with Crippen LogP contribution in [0.25, 0.3) is 0 Å². The Morgan fingerprint density at radius 3 is 2.38 bits per heavy atom. The minimum absolute atomic E-state index is 0.158. The molecule has 0 radical (unpaired) electrons. The number of nitrogens with one attached hydrogen (secondary N) is 1. The highest BCUT2D eigenvalue weighted by Gasteiger charge is 2.26. The predicted octanol–water partition coefficient (Wildman–Crippen LogP) is 3.87. The fourth-order valence-corrected chi connectivity index (χ4v) is 2.03. The predicted molar refractivity (Wildman–Crippen MR) is 75.6 cm³/mol. The van der Waals surface area contributed by atoms with Crippen LogP contribution in [0.15, 0.2) is 12.1 Å². The molecule has 0 saturated heterocycles. The summed E-state index contributed by atoms with van der Waals surface area (Å²) in [7, 11) is 0. The van der Waals surface area contributed by atoms with E-state index in [1.807, 2.05) is 0 Å². The van der Waals surface area contributed by atoms with Gasteiger partial charge >= 0.3 is 6.18 Å². The van der Waals surface area contributed by atoms with Crippen LogP contribution in [0.4, 0.5) is 24.5 Å². The normalized spacial score (nSPS) is 11.5. The van der Waals surface area contributed by atoms with E-state index in [9.17, 15) is 18.0 Å². The van der Waals surface area contributed by atoms with Gasteiger partial charge in [-0.2, -0.15) is 13.2 Å². The second kappa shape index (κ2) is 7.72. The molecule has 0 aliphatic rings. The molecular weight excluding hydrogens is 332 g/mol. The number of nitrogen functional groups attached to an aromatic ring is 1. The van der Waals surface area contributed by atoms with Gasteiger partial charge in [0.2, 0.25) is 5.91 Å². The van der Waals surface area contributed by atoms with E-state index >= 15 is 0 Å². The second-order valence-corrected chi connectivity index (χ2v) is 4.99. The molecule has 1 amide bonds. The number of carbonyl (C=O) groups is 1. The van der Waals surface area contributed by atoms with Crippen LogP contribution in [0.3, 0.4) is 0 Å². The Bertz CT molecular complexity index is 487. The Kier molecular flexibility index (Phi) is 6.57. The maximum atomic E-state index is 11.9. The van der Waals surface area contributed by atoms with Crippen LogP contribution in [0.1, 0.15) is 12.8 Å². The van der Waals surface area contributed by atoms with Crippen LogP contribution >= 0.6 is 23.2 Å². The van der Waals surface area contributed by atoms with Crippen LogP contribution in [0.2, 0.25) is 10.0 Å². The first-order valence-corrected chi connectivity index (χ1v) is 6.63. The summed E-state index contributed by atoms with van der Waals surface area (Å²) in [6.07, 6.45) is -5.39. The van der Waals surface area contributed by atoms with Crippen molar-refractivity contribution in [3.05, 3.63) is 22.2 Å². The van der Waals surface area contributed by atoms with Gasteiger partial charge in [-0.3, -0.25) is 4.79 Å². The summed E-state index contributed by atoms with van der Waals surface area (Å²) in [5, 5.41) is 2.72. The molecule has 0 aliphatic heterocycles. The fourth-order valence-electron chi connectivity index (χ4n) is 1.43. The van der Waals surface area contributed by atoms with Gasteiger partial charge in [-0.1, -0.05) is 23.2 Å². The largest absolute Gasteiger partial charge is 0.399 e. The van der Waals surface area contributed by atoms with Gasteiger partial charge < -0.3 is 15.8 Å². The first-order valence-electron chi connectivity index (χ1n) is 5.88. The monoisotopic (exact) mass is 344 g/mol. The minimum Gasteiger partial charge on any atom is -0.399 e. The fraction of sp³-hybridized carbons (Fsp3) is 0.417. The first kappa shape index (κ1) is 17.9. The molecule has 118 valence electrons. The molecule has 3 N–H and O–H groups in total. The second-order valence-electron chi connectivity index (χ2n) is 4.18. The molecule has 0 fully saturated rings. The number of alkyl halides is 3. The Balaban J connectivity index is 2.38. The summed E-state index contributed by atoms with van der Waals surface area (Å²) < 4.78 is 40.5. The smallest absolute Gasteiger partial charge is 0.389 e. The van der Waals surface area contributed by atoms with Gasteiger partial charge in [0, 0.05) is 18.7 Å². The number of amides is 1. The molecule has 21 heavy (non-hydrogen) atoms. The molecule has 0 atom stereocenters. The average molecular weight is 345 g/mol.